The van der Waals surface area contributed by atoms with Crippen LogP contribution in [0.2, 0.25) is 0 Å². The van der Waals surface area contributed by atoms with Crippen molar-refractivity contribution in [1.29, 1.82) is 0 Å². The smallest absolute Gasteiger partial charge is 0.243 e. The molecule has 3 rings (SSSR count). The van der Waals surface area contributed by atoms with Crippen LogP contribution in [0.25, 0.3) is 11.0 Å². The van der Waals surface area contributed by atoms with Crippen molar-refractivity contribution in [2.75, 3.05) is 0 Å². The van der Waals surface area contributed by atoms with E-state index in [0.29, 0.717) is 5.52 Å². The number of aryl methyl sites for hydroxylation is 1. The minimum atomic E-state index is -3.63. The SMILES string of the molecule is CCCCCc1nc2c(S(=O)(=O)NCc3ccccc3)cccc2[nH]1. The number of rotatable bonds is 8. The number of aromatic nitrogens is 2. The van der Waals surface area contributed by atoms with Gasteiger partial charge in [-0.15, -0.1) is 0 Å². The molecule has 2 aromatic carbocycles. The van der Waals surface area contributed by atoms with Gasteiger partial charge >= 0.3 is 0 Å². The number of benzene rings is 2. The van der Waals surface area contributed by atoms with Crippen molar-refractivity contribution in [3.63, 3.8) is 0 Å². The molecule has 3 aromatic rings. The minimum absolute atomic E-state index is 0.221. The van der Waals surface area contributed by atoms with E-state index in [9.17, 15) is 8.42 Å². The van der Waals surface area contributed by atoms with Crippen LogP contribution in [0.4, 0.5) is 0 Å². The molecule has 0 atom stereocenters. The Morgan fingerprint density at radius 3 is 2.60 bits per heavy atom. The highest BCUT2D eigenvalue weighted by atomic mass is 32.2. The first-order valence-corrected chi connectivity index (χ1v) is 10.1. The van der Waals surface area contributed by atoms with Crippen LogP contribution in [-0.2, 0) is 23.0 Å². The fourth-order valence-corrected chi connectivity index (χ4v) is 3.97. The third kappa shape index (κ3) is 4.27. The van der Waals surface area contributed by atoms with Crippen molar-refractivity contribution in [3.8, 4) is 0 Å². The van der Waals surface area contributed by atoms with Crippen LogP contribution in [-0.4, -0.2) is 18.4 Å². The first-order chi connectivity index (χ1) is 12.1. The molecule has 0 saturated heterocycles. The molecule has 25 heavy (non-hydrogen) atoms. The number of nitrogens with zero attached hydrogens (tertiary/aromatic N) is 1. The van der Waals surface area contributed by atoms with Gasteiger partial charge in [-0.3, -0.25) is 0 Å². The van der Waals surface area contributed by atoms with Gasteiger partial charge in [0.2, 0.25) is 10.0 Å². The number of hydrogen-bond donors (Lipinski definition) is 2. The van der Waals surface area contributed by atoms with Gasteiger partial charge in [-0.1, -0.05) is 56.2 Å². The maximum atomic E-state index is 12.7. The van der Waals surface area contributed by atoms with Gasteiger partial charge in [0.15, 0.2) is 0 Å². The van der Waals surface area contributed by atoms with Gasteiger partial charge in [0, 0.05) is 13.0 Å². The normalized spacial score (nSPS) is 11.9. The predicted molar refractivity (Wildman–Crippen MR) is 99.8 cm³/mol. The maximum Gasteiger partial charge on any atom is 0.243 e. The van der Waals surface area contributed by atoms with E-state index in [-0.39, 0.29) is 11.4 Å². The third-order valence-electron chi connectivity index (χ3n) is 4.14. The van der Waals surface area contributed by atoms with Crippen molar-refractivity contribution in [3.05, 3.63) is 59.9 Å². The number of imidazole rings is 1. The lowest BCUT2D eigenvalue weighted by atomic mass is 10.2. The number of fused-ring (bicyclic) bond motifs is 1. The molecule has 0 fully saturated rings. The predicted octanol–water partition coefficient (Wildman–Crippen LogP) is 3.77. The monoisotopic (exact) mass is 357 g/mol. The first-order valence-electron chi connectivity index (χ1n) is 8.61. The molecular formula is C19H23N3O2S. The molecule has 0 aliphatic rings. The van der Waals surface area contributed by atoms with E-state index >= 15 is 0 Å². The summed E-state index contributed by atoms with van der Waals surface area (Å²) in [6.45, 7) is 2.41. The molecule has 2 N–H and O–H groups in total. The van der Waals surface area contributed by atoms with Crippen LogP contribution in [0.5, 0.6) is 0 Å². The molecule has 0 aliphatic carbocycles. The van der Waals surface area contributed by atoms with E-state index in [1.165, 1.54) is 0 Å². The molecule has 0 radical (unpaired) electrons. The Hall–Kier alpha value is -2.18. The van der Waals surface area contributed by atoms with Gasteiger partial charge in [0.05, 0.1) is 5.52 Å². The summed E-state index contributed by atoms with van der Waals surface area (Å²) >= 11 is 0. The summed E-state index contributed by atoms with van der Waals surface area (Å²) in [6.07, 6.45) is 4.16. The summed E-state index contributed by atoms with van der Waals surface area (Å²) in [5, 5.41) is 0. The second-order valence-electron chi connectivity index (χ2n) is 6.10. The molecule has 6 heteroatoms. The number of hydrogen-bond acceptors (Lipinski definition) is 3. The van der Waals surface area contributed by atoms with Crippen molar-refractivity contribution < 1.29 is 8.42 Å². The highest BCUT2D eigenvalue weighted by Gasteiger charge is 2.19. The topological polar surface area (TPSA) is 74.8 Å². The van der Waals surface area contributed by atoms with Gasteiger partial charge in [0.25, 0.3) is 0 Å². The Morgan fingerprint density at radius 1 is 1.04 bits per heavy atom. The zero-order chi connectivity index (χ0) is 17.7. The number of para-hydroxylation sites is 1. The molecule has 0 bridgehead atoms. The van der Waals surface area contributed by atoms with Crippen molar-refractivity contribution >= 4 is 21.1 Å². The van der Waals surface area contributed by atoms with E-state index in [2.05, 4.69) is 21.6 Å². The quantitative estimate of drug-likeness (QED) is 0.603. The summed E-state index contributed by atoms with van der Waals surface area (Å²) in [5.74, 6) is 0.842. The second kappa shape index (κ2) is 7.80. The second-order valence-corrected chi connectivity index (χ2v) is 7.84. The number of aromatic amines is 1. The van der Waals surface area contributed by atoms with E-state index in [1.807, 2.05) is 36.4 Å². The fraction of sp³-hybridized carbons (Fsp3) is 0.316. The Labute approximate surface area is 148 Å². The van der Waals surface area contributed by atoms with Crippen LogP contribution < -0.4 is 4.72 Å². The zero-order valence-electron chi connectivity index (χ0n) is 14.3. The molecule has 1 aromatic heterocycles. The van der Waals surface area contributed by atoms with Crippen LogP contribution in [0.1, 0.15) is 37.6 Å². The Bertz CT molecular complexity index is 934. The number of sulfonamides is 1. The lowest BCUT2D eigenvalue weighted by molar-refractivity contribution is 0.582. The van der Waals surface area contributed by atoms with Crippen molar-refractivity contribution in [2.24, 2.45) is 0 Å². The molecule has 0 saturated carbocycles. The number of unbranched alkanes of at least 4 members (excludes halogenated alkanes) is 2. The maximum absolute atomic E-state index is 12.7. The molecule has 0 spiro atoms. The van der Waals surface area contributed by atoms with Crippen molar-refractivity contribution in [2.45, 2.75) is 44.0 Å². The van der Waals surface area contributed by atoms with Gasteiger partial charge in [-0.2, -0.15) is 0 Å². The standard InChI is InChI=1S/C19H23N3O2S/c1-2-3-5-13-18-21-16-11-8-12-17(19(16)22-18)25(23,24)20-14-15-9-6-4-7-10-15/h4,6-12,20H,2-3,5,13-14H2,1H3,(H,21,22). The fourth-order valence-electron chi connectivity index (χ4n) is 2.79. The summed E-state index contributed by atoms with van der Waals surface area (Å²) < 4.78 is 28.1. The third-order valence-corrected chi connectivity index (χ3v) is 5.57. The molecular weight excluding hydrogens is 334 g/mol. The Balaban J connectivity index is 1.83. The highest BCUT2D eigenvalue weighted by molar-refractivity contribution is 7.89. The summed E-state index contributed by atoms with van der Waals surface area (Å²) in [7, 11) is -3.63. The zero-order valence-corrected chi connectivity index (χ0v) is 15.1. The molecule has 1 heterocycles. The summed E-state index contributed by atoms with van der Waals surface area (Å²) in [5.41, 5.74) is 2.18. The Kier molecular flexibility index (Phi) is 5.50. The average Bonchev–Trinajstić information content (AvgIpc) is 3.04. The number of nitrogens with one attached hydrogen (secondary N) is 2. The van der Waals surface area contributed by atoms with E-state index in [0.717, 1.165) is 42.6 Å². The van der Waals surface area contributed by atoms with Crippen LogP contribution in [0, 0.1) is 0 Å². The minimum Gasteiger partial charge on any atom is -0.342 e. The Morgan fingerprint density at radius 2 is 1.84 bits per heavy atom. The summed E-state index contributed by atoms with van der Waals surface area (Å²) in [4.78, 5) is 7.99. The lowest BCUT2D eigenvalue weighted by Gasteiger charge is -2.07. The largest absolute Gasteiger partial charge is 0.342 e. The number of H-pyrrole nitrogens is 1. The van der Waals surface area contributed by atoms with Crippen LogP contribution in [0.3, 0.4) is 0 Å². The van der Waals surface area contributed by atoms with Crippen LogP contribution in [0.15, 0.2) is 53.4 Å². The van der Waals surface area contributed by atoms with Gasteiger partial charge in [-0.05, 0) is 24.1 Å². The van der Waals surface area contributed by atoms with E-state index in [4.69, 9.17) is 0 Å². The van der Waals surface area contributed by atoms with E-state index in [1.54, 1.807) is 12.1 Å². The van der Waals surface area contributed by atoms with Crippen LogP contribution >= 0.6 is 0 Å². The molecule has 0 aliphatic heterocycles. The highest BCUT2D eigenvalue weighted by Crippen LogP contribution is 2.22. The van der Waals surface area contributed by atoms with Gasteiger partial charge < -0.3 is 4.98 Å². The molecule has 132 valence electrons. The summed E-state index contributed by atoms with van der Waals surface area (Å²) in [6, 6.07) is 14.7. The molecule has 0 unspecified atom stereocenters. The lowest BCUT2D eigenvalue weighted by Crippen LogP contribution is -2.23. The van der Waals surface area contributed by atoms with Gasteiger partial charge in [-0.25, -0.2) is 18.1 Å². The van der Waals surface area contributed by atoms with E-state index < -0.39 is 10.0 Å². The van der Waals surface area contributed by atoms with Crippen molar-refractivity contribution in [1.82, 2.24) is 14.7 Å². The molecule has 5 nitrogen and oxygen atoms in total. The van der Waals surface area contributed by atoms with Gasteiger partial charge in [0.1, 0.15) is 16.2 Å². The molecule has 0 amide bonds. The first kappa shape index (κ1) is 17.6. The average molecular weight is 357 g/mol.